The van der Waals surface area contributed by atoms with Crippen molar-refractivity contribution in [1.82, 2.24) is 0 Å². The Kier molecular flexibility index (Phi) is 25.0. The third-order valence-corrected chi connectivity index (χ3v) is 6.03. The number of rotatable bonds is 3. The maximum Gasteiger partial charge on any atom is 2.00 e. The second kappa shape index (κ2) is 16.9. The van der Waals surface area contributed by atoms with Crippen LogP contribution >= 0.6 is 7.92 Å². The first-order valence-corrected chi connectivity index (χ1v) is 7.79. The molecule has 1 aromatic carbocycles. The molecule has 0 fully saturated rings. The van der Waals surface area contributed by atoms with Crippen LogP contribution < -0.4 is 24.8 Å². The van der Waals surface area contributed by atoms with Crippen molar-refractivity contribution in [3.05, 3.63) is 36.4 Å². The van der Waals surface area contributed by atoms with Gasteiger partial charge < -0.3 is 24.8 Å². The van der Waals surface area contributed by atoms with Crippen molar-refractivity contribution in [1.29, 1.82) is 0 Å². The second-order valence-electron chi connectivity index (χ2n) is 4.88. The van der Waals surface area contributed by atoms with Gasteiger partial charge in [0.2, 0.25) is 0 Å². The van der Waals surface area contributed by atoms with Gasteiger partial charge in [0.1, 0.15) is 0 Å². The molecular weight excluding hydrogens is 383 g/mol. The van der Waals surface area contributed by atoms with E-state index in [4.69, 9.17) is 0 Å². The Morgan fingerprint density at radius 3 is 0.737 bits per heavy atom. The molecule has 4 heteroatoms. The van der Waals surface area contributed by atoms with Crippen LogP contribution in [0.3, 0.4) is 0 Å². The average Bonchev–Trinajstić information content (AvgIpc) is 2.19. The summed E-state index contributed by atoms with van der Waals surface area (Å²) in [7, 11) is 0.262. The Morgan fingerprint density at radius 1 is 0.526 bits per heavy atom. The monoisotopic (exact) mass is 410 g/mol. The predicted octanol–water partition coefficient (Wildman–Crippen LogP) is -0.614. The van der Waals surface area contributed by atoms with Gasteiger partial charge in [-0.25, -0.2) is 0 Å². The molecule has 1 rings (SSSR count). The van der Waals surface area contributed by atoms with Gasteiger partial charge in [-0.15, -0.1) is 0 Å². The van der Waals surface area contributed by atoms with E-state index in [0.717, 1.165) is 17.0 Å². The van der Waals surface area contributed by atoms with E-state index in [1.807, 2.05) is 36.4 Å². The molecule has 0 N–H and O–H groups in total. The summed E-state index contributed by atoms with van der Waals surface area (Å²) in [6.07, 6.45) is 0. The normalized spacial score (nSPS) is 9.16. The fourth-order valence-corrected chi connectivity index (χ4v) is 5.75. The molecule has 0 nitrogen and oxygen atoms in total. The first-order chi connectivity index (χ1) is 7.46. The Bertz CT molecular complexity index is 208. The van der Waals surface area contributed by atoms with Crippen LogP contribution in [0.2, 0.25) is 0 Å². The number of halogens is 2. The predicted molar refractivity (Wildman–Crippen MR) is 78.8 cm³/mol. The zero-order chi connectivity index (χ0) is 12.6. The van der Waals surface area contributed by atoms with Gasteiger partial charge in [-0.05, 0) is 17.0 Å². The molecule has 0 atom stereocenters. The van der Waals surface area contributed by atoms with E-state index in [1.165, 1.54) is 0 Å². The molecule has 0 heterocycles. The second-order valence-corrected chi connectivity index (χ2v) is 8.88. The van der Waals surface area contributed by atoms with E-state index in [9.17, 15) is 0 Å². The minimum atomic E-state index is 0. The van der Waals surface area contributed by atoms with Crippen molar-refractivity contribution in [2.45, 2.75) is 58.5 Å². The fourth-order valence-electron chi connectivity index (χ4n) is 2.17. The Hall–Kier alpha value is 0.853. The van der Waals surface area contributed by atoms with Gasteiger partial charge in [0.05, 0.1) is 0 Å². The Balaban J connectivity index is -0.000000110. The molecule has 0 spiro atoms. The standard InChI is InChI=1S/C9H21P.C6H6.2ClH.Ru/c1-7(2)10(8(3)4)9(5)6;1-2-4-6-5-3-1;;;/h7-9H,1-6H3;1-6H;2*1H;/q;;;;+2/p-2. The molecule has 0 unspecified atom stereocenters. The van der Waals surface area contributed by atoms with Crippen LogP contribution in [-0.2, 0) is 19.5 Å². The Morgan fingerprint density at radius 2 is 0.684 bits per heavy atom. The summed E-state index contributed by atoms with van der Waals surface area (Å²) < 4.78 is 0. The van der Waals surface area contributed by atoms with Gasteiger partial charge in [-0.2, -0.15) is 0 Å². The van der Waals surface area contributed by atoms with Gasteiger partial charge >= 0.3 is 19.5 Å². The summed E-state index contributed by atoms with van der Waals surface area (Å²) in [5.41, 5.74) is 2.69. The van der Waals surface area contributed by atoms with Gasteiger partial charge in [-0.3, -0.25) is 0 Å². The molecule has 0 aliphatic heterocycles. The number of hydrogen-bond donors (Lipinski definition) is 0. The first-order valence-electron chi connectivity index (χ1n) is 6.24. The molecule has 0 saturated carbocycles. The van der Waals surface area contributed by atoms with Crippen LogP contribution in [0.1, 0.15) is 41.5 Å². The molecule has 114 valence electrons. The van der Waals surface area contributed by atoms with Gasteiger partial charge in [0.25, 0.3) is 0 Å². The van der Waals surface area contributed by atoms with E-state index in [0.29, 0.717) is 0 Å². The molecule has 19 heavy (non-hydrogen) atoms. The maximum absolute atomic E-state index is 2.35. The largest absolute Gasteiger partial charge is 2.00 e. The number of hydrogen-bond acceptors (Lipinski definition) is 0. The zero-order valence-corrected chi connectivity index (χ0v) is 16.9. The molecular formula is C15H27Cl2PRu. The minimum Gasteiger partial charge on any atom is -1.00 e. The summed E-state index contributed by atoms with van der Waals surface area (Å²) in [5, 5.41) is 0. The SMILES string of the molecule is CC(C)P(C(C)C)C(C)C.[Cl-].[Cl-].[Ru+2].c1ccccc1. The molecule has 0 amide bonds. The van der Waals surface area contributed by atoms with Gasteiger partial charge in [0.15, 0.2) is 0 Å². The third kappa shape index (κ3) is 15.1. The van der Waals surface area contributed by atoms with E-state index in [2.05, 4.69) is 41.5 Å². The maximum atomic E-state index is 2.35. The molecule has 0 radical (unpaired) electrons. The molecule has 0 saturated heterocycles. The quantitative estimate of drug-likeness (QED) is 0.461. The summed E-state index contributed by atoms with van der Waals surface area (Å²) in [6, 6.07) is 12.0. The van der Waals surface area contributed by atoms with Gasteiger partial charge in [-0.1, -0.05) is 85.9 Å². The first kappa shape index (κ1) is 28.1. The van der Waals surface area contributed by atoms with Crippen LogP contribution in [0.5, 0.6) is 0 Å². The van der Waals surface area contributed by atoms with Crippen LogP contribution in [0, 0.1) is 0 Å². The molecule has 0 aliphatic rings. The van der Waals surface area contributed by atoms with E-state index in [1.54, 1.807) is 0 Å². The van der Waals surface area contributed by atoms with Crippen molar-refractivity contribution < 1.29 is 44.3 Å². The van der Waals surface area contributed by atoms with E-state index < -0.39 is 0 Å². The van der Waals surface area contributed by atoms with Crippen molar-refractivity contribution in [2.24, 2.45) is 0 Å². The van der Waals surface area contributed by atoms with Crippen molar-refractivity contribution in [2.75, 3.05) is 0 Å². The third-order valence-electron chi connectivity index (χ3n) is 2.46. The van der Waals surface area contributed by atoms with E-state index >= 15 is 0 Å². The molecule has 1 aromatic rings. The van der Waals surface area contributed by atoms with Crippen molar-refractivity contribution in [3.63, 3.8) is 0 Å². The smallest absolute Gasteiger partial charge is 1.00 e. The van der Waals surface area contributed by atoms with E-state index in [-0.39, 0.29) is 52.2 Å². The fraction of sp³-hybridized carbons (Fsp3) is 0.600. The van der Waals surface area contributed by atoms with Crippen molar-refractivity contribution >= 4 is 7.92 Å². The van der Waals surface area contributed by atoms with Crippen molar-refractivity contribution in [3.8, 4) is 0 Å². The summed E-state index contributed by atoms with van der Waals surface area (Å²) in [6.45, 7) is 14.1. The summed E-state index contributed by atoms with van der Waals surface area (Å²) >= 11 is 0. The van der Waals surface area contributed by atoms with Crippen LogP contribution in [0.15, 0.2) is 36.4 Å². The topological polar surface area (TPSA) is 0 Å². The summed E-state index contributed by atoms with van der Waals surface area (Å²) in [5.74, 6) is 0. The zero-order valence-electron chi connectivity index (χ0n) is 12.8. The summed E-state index contributed by atoms with van der Waals surface area (Å²) in [4.78, 5) is 0. The van der Waals surface area contributed by atoms with Crippen LogP contribution in [0.4, 0.5) is 0 Å². The average molecular weight is 410 g/mol. The molecule has 0 bridgehead atoms. The Labute approximate surface area is 146 Å². The molecule has 0 aromatic heterocycles. The minimum absolute atomic E-state index is 0. The van der Waals surface area contributed by atoms with Gasteiger partial charge in [0, 0.05) is 0 Å². The van der Waals surface area contributed by atoms with Crippen LogP contribution in [-0.4, -0.2) is 17.0 Å². The molecule has 0 aliphatic carbocycles. The number of benzene rings is 1. The van der Waals surface area contributed by atoms with Crippen LogP contribution in [0.25, 0.3) is 0 Å².